The fourth-order valence-corrected chi connectivity index (χ4v) is 1.16. The summed E-state index contributed by atoms with van der Waals surface area (Å²) >= 11 is 10.6. The van der Waals surface area contributed by atoms with Crippen LogP contribution < -0.4 is 10.5 Å². The average Bonchev–Trinajstić information content (AvgIpc) is 2.11. The van der Waals surface area contributed by atoms with E-state index in [1.807, 2.05) is 26.0 Å². The third kappa shape index (κ3) is 2.86. The molecule has 1 aromatic carbocycles. The second-order valence-electron chi connectivity index (χ2n) is 3.07. The molecule has 14 heavy (non-hydrogen) atoms. The fraction of sp³-hybridized carbons (Fsp3) is 0.300. The van der Waals surface area contributed by atoms with E-state index in [0.717, 1.165) is 11.3 Å². The summed E-state index contributed by atoms with van der Waals surface area (Å²) in [5.41, 5.74) is 6.46. The third-order valence-corrected chi connectivity index (χ3v) is 2.42. The molecule has 0 aliphatic rings. The molecule has 4 heteroatoms. The molecule has 1 unspecified atom stereocenters. The van der Waals surface area contributed by atoms with Gasteiger partial charge in [0.05, 0.1) is 0 Å². The first kappa shape index (κ1) is 11.3. The van der Waals surface area contributed by atoms with Gasteiger partial charge in [0.25, 0.3) is 0 Å². The van der Waals surface area contributed by atoms with Crippen LogP contribution in [0.4, 0.5) is 0 Å². The van der Waals surface area contributed by atoms with Crippen LogP contribution >= 0.6 is 23.8 Å². The van der Waals surface area contributed by atoms with Crippen LogP contribution in [0.5, 0.6) is 5.75 Å². The summed E-state index contributed by atoms with van der Waals surface area (Å²) in [4.78, 5) is 0.337. The molecule has 1 rings (SSSR count). The average molecular weight is 230 g/mol. The number of hydrogen-bond donors (Lipinski definition) is 1. The summed E-state index contributed by atoms with van der Waals surface area (Å²) in [6, 6.07) is 5.46. The molecule has 0 saturated carbocycles. The van der Waals surface area contributed by atoms with Crippen molar-refractivity contribution < 1.29 is 4.74 Å². The van der Waals surface area contributed by atoms with Crippen LogP contribution in [0.15, 0.2) is 18.2 Å². The number of hydrogen-bond acceptors (Lipinski definition) is 2. The Balaban J connectivity index is 2.85. The minimum atomic E-state index is -0.276. The predicted molar refractivity (Wildman–Crippen MR) is 63.1 cm³/mol. The lowest BCUT2D eigenvalue weighted by Gasteiger charge is -2.15. The number of aryl methyl sites for hydroxylation is 1. The van der Waals surface area contributed by atoms with E-state index < -0.39 is 0 Å². The zero-order chi connectivity index (χ0) is 10.7. The van der Waals surface area contributed by atoms with Crippen LogP contribution in [-0.4, -0.2) is 11.1 Å². The van der Waals surface area contributed by atoms with Gasteiger partial charge in [0.1, 0.15) is 16.8 Å². The Morgan fingerprint density at radius 1 is 1.57 bits per heavy atom. The van der Waals surface area contributed by atoms with Crippen LogP contribution in [-0.2, 0) is 0 Å². The summed E-state index contributed by atoms with van der Waals surface area (Å²) < 4.78 is 5.54. The van der Waals surface area contributed by atoms with E-state index in [4.69, 9.17) is 34.3 Å². The van der Waals surface area contributed by atoms with Gasteiger partial charge in [0, 0.05) is 5.02 Å². The van der Waals surface area contributed by atoms with E-state index in [1.54, 1.807) is 6.07 Å². The van der Waals surface area contributed by atoms with Crippen LogP contribution in [0.1, 0.15) is 12.5 Å². The van der Waals surface area contributed by atoms with Gasteiger partial charge in [0.2, 0.25) is 0 Å². The van der Waals surface area contributed by atoms with Gasteiger partial charge >= 0.3 is 0 Å². The molecule has 0 radical (unpaired) electrons. The molecule has 0 aromatic heterocycles. The molecule has 2 N–H and O–H groups in total. The SMILES string of the molecule is Cc1ccc(Cl)cc1OC(C)C(N)=S. The van der Waals surface area contributed by atoms with Crippen molar-refractivity contribution in [2.45, 2.75) is 20.0 Å². The van der Waals surface area contributed by atoms with Crippen molar-refractivity contribution in [3.05, 3.63) is 28.8 Å². The lowest BCUT2D eigenvalue weighted by atomic mass is 10.2. The molecule has 1 atom stereocenters. The monoisotopic (exact) mass is 229 g/mol. The highest BCUT2D eigenvalue weighted by molar-refractivity contribution is 7.80. The normalized spacial score (nSPS) is 12.2. The van der Waals surface area contributed by atoms with Gasteiger partial charge in [-0.3, -0.25) is 0 Å². The van der Waals surface area contributed by atoms with E-state index >= 15 is 0 Å². The number of nitrogens with two attached hydrogens (primary N) is 1. The highest BCUT2D eigenvalue weighted by Gasteiger charge is 2.08. The predicted octanol–water partition coefficient (Wildman–Crippen LogP) is 2.70. The molecule has 0 aliphatic carbocycles. The van der Waals surface area contributed by atoms with E-state index in [-0.39, 0.29) is 6.10 Å². The Morgan fingerprint density at radius 3 is 2.79 bits per heavy atom. The van der Waals surface area contributed by atoms with Gasteiger partial charge in [-0.15, -0.1) is 0 Å². The van der Waals surface area contributed by atoms with Crippen molar-refractivity contribution in [1.82, 2.24) is 0 Å². The second kappa shape index (κ2) is 4.62. The molecule has 2 nitrogen and oxygen atoms in total. The number of ether oxygens (including phenoxy) is 1. The molecule has 0 saturated heterocycles. The topological polar surface area (TPSA) is 35.2 Å². The molecular formula is C10H12ClNOS. The van der Waals surface area contributed by atoms with E-state index in [0.29, 0.717) is 10.0 Å². The molecule has 1 aromatic rings. The zero-order valence-electron chi connectivity index (χ0n) is 8.08. The maximum atomic E-state index is 5.84. The van der Waals surface area contributed by atoms with Crippen molar-refractivity contribution >= 4 is 28.8 Å². The first-order valence-electron chi connectivity index (χ1n) is 4.23. The van der Waals surface area contributed by atoms with Gasteiger partial charge in [-0.25, -0.2) is 0 Å². The highest BCUT2D eigenvalue weighted by Crippen LogP contribution is 2.23. The Labute approximate surface area is 94.0 Å². The highest BCUT2D eigenvalue weighted by atomic mass is 35.5. The molecule has 0 amide bonds. The van der Waals surface area contributed by atoms with Gasteiger partial charge < -0.3 is 10.5 Å². The van der Waals surface area contributed by atoms with Crippen LogP contribution in [0.2, 0.25) is 5.02 Å². The number of benzene rings is 1. The Hall–Kier alpha value is -0.800. The lowest BCUT2D eigenvalue weighted by molar-refractivity contribution is 0.286. The Bertz CT molecular complexity index is 354. The van der Waals surface area contributed by atoms with Crippen molar-refractivity contribution in [1.29, 1.82) is 0 Å². The third-order valence-electron chi connectivity index (χ3n) is 1.85. The molecule has 0 aliphatic heterocycles. The maximum Gasteiger partial charge on any atom is 0.145 e. The van der Waals surface area contributed by atoms with Gasteiger partial charge in [-0.2, -0.15) is 0 Å². The van der Waals surface area contributed by atoms with Crippen molar-refractivity contribution in [3.63, 3.8) is 0 Å². The fourth-order valence-electron chi connectivity index (χ4n) is 0.949. The summed E-state index contributed by atoms with van der Waals surface area (Å²) in [6.07, 6.45) is -0.276. The summed E-state index contributed by atoms with van der Waals surface area (Å²) in [6.45, 7) is 3.75. The smallest absolute Gasteiger partial charge is 0.145 e. The van der Waals surface area contributed by atoms with Gasteiger partial charge in [-0.05, 0) is 31.5 Å². The summed E-state index contributed by atoms with van der Waals surface area (Å²) in [7, 11) is 0. The number of thiocarbonyl (C=S) groups is 1. The molecule has 0 heterocycles. The van der Waals surface area contributed by atoms with Crippen molar-refractivity contribution in [2.24, 2.45) is 5.73 Å². The first-order valence-corrected chi connectivity index (χ1v) is 5.01. The maximum absolute atomic E-state index is 5.84. The molecule has 76 valence electrons. The molecule has 0 spiro atoms. The zero-order valence-corrected chi connectivity index (χ0v) is 9.65. The number of rotatable bonds is 3. The Morgan fingerprint density at radius 2 is 2.21 bits per heavy atom. The minimum Gasteiger partial charge on any atom is -0.483 e. The second-order valence-corrected chi connectivity index (χ2v) is 3.98. The largest absolute Gasteiger partial charge is 0.483 e. The van der Waals surface area contributed by atoms with Crippen LogP contribution in [0, 0.1) is 6.92 Å². The minimum absolute atomic E-state index is 0.276. The quantitative estimate of drug-likeness (QED) is 0.810. The standard InChI is InChI=1S/C10H12ClNOS/c1-6-3-4-8(11)5-9(6)13-7(2)10(12)14/h3-5,7H,1-2H3,(H2,12,14). The van der Waals surface area contributed by atoms with E-state index in [2.05, 4.69) is 0 Å². The summed E-state index contributed by atoms with van der Waals surface area (Å²) in [5, 5.41) is 0.640. The van der Waals surface area contributed by atoms with E-state index in [1.165, 1.54) is 0 Å². The van der Waals surface area contributed by atoms with E-state index in [9.17, 15) is 0 Å². The van der Waals surface area contributed by atoms with Crippen LogP contribution in [0.3, 0.4) is 0 Å². The molecular weight excluding hydrogens is 218 g/mol. The van der Waals surface area contributed by atoms with Gasteiger partial charge in [-0.1, -0.05) is 29.9 Å². The van der Waals surface area contributed by atoms with Crippen molar-refractivity contribution in [2.75, 3.05) is 0 Å². The lowest BCUT2D eigenvalue weighted by Crippen LogP contribution is -2.29. The summed E-state index contributed by atoms with van der Waals surface area (Å²) in [5.74, 6) is 0.720. The van der Waals surface area contributed by atoms with Crippen LogP contribution in [0.25, 0.3) is 0 Å². The molecule has 0 fully saturated rings. The Kier molecular flexibility index (Phi) is 3.72. The molecule has 0 bridgehead atoms. The first-order chi connectivity index (χ1) is 6.50. The van der Waals surface area contributed by atoms with Gasteiger partial charge in [0.15, 0.2) is 0 Å². The number of halogens is 1. The van der Waals surface area contributed by atoms with Crippen molar-refractivity contribution in [3.8, 4) is 5.75 Å².